The number of carboxylic acids is 1. The molecule has 1 N–H and O–H groups in total. The number of carboxylic acid groups (broad SMARTS) is 1. The number of fused-ring (bicyclic) bond motifs is 1. The molecule has 3 nitrogen and oxygen atoms in total. The molecule has 3 aromatic rings. The highest BCUT2D eigenvalue weighted by atomic mass is 16.5. The molecular formula is C23H18O3. The van der Waals surface area contributed by atoms with E-state index in [2.05, 4.69) is 0 Å². The maximum atomic E-state index is 12.3. The molecule has 1 aliphatic carbocycles. The number of aliphatic carboxylic acids is 1. The lowest BCUT2D eigenvalue weighted by Crippen LogP contribution is -2.10. The highest BCUT2D eigenvalue weighted by Gasteiger charge is 2.37. The topological polar surface area (TPSA) is 46.5 Å². The van der Waals surface area contributed by atoms with Crippen LogP contribution in [0.5, 0.6) is 5.75 Å². The summed E-state index contributed by atoms with van der Waals surface area (Å²) in [5.41, 5.74) is 4.98. The number of methoxy groups -OCH3 is 1. The predicted octanol–water partition coefficient (Wildman–Crippen LogP) is 4.73. The molecule has 3 heteroatoms. The van der Waals surface area contributed by atoms with Crippen molar-refractivity contribution >= 4 is 11.5 Å². The molecule has 0 amide bonds. The highest BCUT2D eigenvalue weighted by molar-refractivity contribution is 6.06. The Kier molecular flexibility index (Phi) is 4.05. The third-order valence-corrected chi connectivity index (χ3v) is 4.82. The fourth-order valence-electron chi connectivity index (χ4n) is 3.72. The van der Waals surface area contributed by atoms with Crippen LogP contribution in [0.15, 0.2) is 84.4 Å². The summed E-state index contributed by atoms with van der Waals surface area (Å²) in [7, 11) is 1.62. The van der Waals surface area contributed by atoms with Crippen molar-refractivity contribution in [1.29, 1.82) is 0 Å². The standard InChI is InChI=1S/C23H18O3/c1-26-17-12-13-18-19(14-17)21(16-10-6-3-7-11-16)22(23(24)25)20(18)15-8-4-2-5-9-15/h2-14,21H,1H3,(H,24,25). The van der Waals surface area contributed by atoms with Crippen molar-refractivity contribution < 1.29 is 14.6 Å². The van der Waals surface area contributed by atoms with Gasteiger partial charge in [-0.15, -0.1) is 0 Å². The Labute approximate surface area is 152 Å². The van der Waals surface area contributed by atoms with Gasteiger partial charge in [-0.25, -0.2) is 4.79 Å². The third-order valence-electron chi connectivity index (χ3n) is 4.82. The Morgan fingerprint density at radius 3 is 2.19 bits per heavy atom. The Bertz CT molecular complexity index is 988. The summed E-state index contributed by atoms with van der Waals surface area (Å²) in [5.74, 6) is -0.495. The van der Waals surface area contributed by atoms with Gasteiger partial charge in [-0.05, 0) is 34.4 Å². The highest BCUT2D eigenvalue weighted by Crippen LogP contribution is 2.49. The number of hydrogen-bond acceptors (Lipinski definition) is 2. The van der Waals surface area contributed by atoms with E-state index in [0.717, 1.165) is 33.6 Å². The predicted molar refractivity (Wildman–Crippen MR) is 101 cm³/mol. The molecule has 0 saturated carbocycles. The van der Waals surface area contributed by atoms with Crippen LogP contribution in [0.2, 0.25) is 0 Å². The van der Waals surface area contributed by atoms with Crippen LogP contribution in [0.25, 0.3) is 5.57 Å². The minimum atomic E-state index is -0.895. The first-order chi connectivity index (χ1) is 12.7. The molecule has 0 aromatic heterocycles. The molecule has 1 atom stereocenters. The first kappa shape index (κ1) is 16.2. The van der Waals surface area contributed by atoms with E-state index in [0.29, 0.717) is 5.57 Å². The van der Waals surface area contributed by atoms with Crippen molar-refractivity contribution in [3.05, 3.63) is 107 Å². The van der Waals surface area contributed by atoms with Crippen LogP contribution in [0, 0.1) is 0 Å². The molecule has 4 rings (SSSR count). The monoisotopic (exact) mass is 342 g/mol. The molecule has 0 spiro atoms. The molecule has 0 saturated heterocycles. The zero-order chi connectivity index (χ0) is 18.1. The maximum Gasteiger partial charge on any atom is 0.333 e. The summed E-state index contributed by atoms with van der Waals surface area (Å²) in [6.45, 7) is 0. The molecule has 128 valence electrons. The quantitative estimate of drug-likeness (QED) is 0.746. The molecule has 1 unspecified atom stereocenters. The van der Waals surface area contributed by atoms with Gasteiger partial charge in [-0.2, -0.15) is 0 Å². The number of benzene rings is 3. The SMILES string of the molecule is COc1ccc2c(c1)C(c1ccccc1)C(C(=O)O)=C2c1ccccc1. The number of ether oxygens (including phenoxy) is 1. The molecule has 26 heavy (non-hydrogen) atoms. The van der Waals surface area contributed by atoms with Crippen molar-refractivity contribution in [3.63, 3.8) is 0 Å². The van der Waals surface area contributed by atoms with Crippen molar-refractivity contribution in [2.24, 2.45) is 0 Å². The van der Waals surface area contributed by atoms with Crippen molar-refractivity contribution in [2.45, 2.75) is 5.92 Å². The van der Waals surface area contributed by atoms with Gasteiger partial charge in [0.25, 0.3) is 0 Å². The van der Waals surface area contributed by atoms with E-state index < -0.39 is 5.97 Å². The lowest BCUT2D eigenvalue weighted by Gasteiger charge is -2.15. The van der Waals surface area contributed by atoms with Gasteiger partial charge in [0.05, 0.1) is 12.7 Å². The lowest BCUT2D eigenvalue weighted by atomic mass is 9.88. The number of carbonyl (C=O) groups is 1. The molecule has 3 aromatic carbocycles. The van der Waals surface area contributed by atoms with E-state index in [1.807, 2.05) is 78.9 Å². The zero-order valence-corrected chi connectivity index (χ0v) is 14.3. The van der Waals surface area contributed by atoms with Crippen molar-refractivity contribution in [1.82, 2.24) is 0 Å². The van der Waals surface area contributed by atoms with Crippen LogP contribution in [0.1, 0.15) is 28.2 Å². The van der Waals surface area contributed by atoms with E-state index in [1.165, 1.54) is 0 Å². The van der Waals surface area contributed by atoms with Gasteiger partial charge < -0.3 is 9.84 Å². The van der Waals surface area contributed by atoms with Gasteiger partial charge in [0, 0.05) is 11.5 Å². The molecule has 1 aliphatic rings. The second-order valence-corrected chi connectivity index (χ2v) is 6.26. The van der Waals surface area contributed by atoms with Crippen LogP contribution in [0.3, 0.4) is 0 Å². The van der Waals surface area contributed by atoms with Gasteiger partial charge in [-0.3, -0.25) is 0 Å². The van der Waals surface area contributed by atoms with Gasteiger partial charge >= 0.3 is 5.97 Å². The van der Waals surface area contributed by atoms with Gasteiger partial charge in [-0.1, -0.05) is 66.7 Å². The molecule has 0 heterocycles. The van der Waals surface area contributed by atoms with E-state index in [1.54, 1.807) is 7.11 Å². The van der Waals surface area contributed by atoms with Gasteiger partial charge in [0.15, 0.2) is 0 Å². The van der Waals surface area contributed by atoms with E-state index in [-0.39, 0.29) is 5.92 Å². The lowest BCUT2D eigenvalue weighted by molar-refractivity contribution is -0.132. The summed E-state index contributed by atoms with van der Waals surface area (Å²) >= 11 is 0. The van der Waals surface area contributed by atoms with Crippen LogP contribution < -0.4 is 4.74 Å². The van der Waals surface area contributed by atoms with Crippen molar-refractivity contribution in [2.75, 3.05) is 7.11 Å². The summed E-state index contributed by atoms with van der Waals surface area (Å²) < 4.78 is 5.39. The first-order valence-electron chi connectivity index (χ1n) is 8.47. The fraction of sp³-hybridized carbons (Fsp3) is 0.0870. The maximum absolute atomic E-state index is 12.3. The van der Waals surface area contributed by atoms with Crippen LogP contribution >= 0.6 is 0 Å². The Balaban J connectivity index is 2.04. The van der Waals surface area contributed by atoms with E-state index >= 15 is 0 Å². The van der Waals surface area contributed by atoms with Gasteiger partial charge in [0.1, 0.15) is 5.75 Å². The fourth-order valence-corrected chi connectivity index (χ4v) is 3.72. The average molecular weight is 342 g/mol. The molecule has 0 bridgehead atoms. The summed E-state index contributed by atoms with van der Waals surface area (Å²) in [5, 5.41) is 10.1. The van der Waals surface area contributed by atoms with Crippen LogP contribution in [0.4, 0.5) is 0 Å². The Morgan fingerprint density at radius 1 is 0.923 bits per heavy atom. The Morgan fingerprint density at radius 2 is 1.58 bits per heavy atom. The van der Waals surface area contributed by atoms with E-state index in [9.17, 15) is 9.90 Å². The summed E-state index contributed by atoms with van der Waals surface area (Å²) in [6, 6.07) is 25.3. The minimum Gasteiger partial charge on any atom is -0.497 e. The van der Waals surface area contributed by atoms with E-state index in [4.69, 9.17) is 4.74 Å². The normalized spacial score (nSPS) is 15.7. The van der Waals surface area contributed by atoms with Gasteiger partial charge in [0.2, 0.25) is 0 Å². The third kappa shape index (κ3) is 2.58. The minimum absolute atomic E-state index is 0.325. The summed E-state index contributed by atoms with van der Waals surface area (Å²) in [6.07, 6.45) is 0. The van der Waals surface area contributed by atoms with Crippen LogP contribution in [-0.4, -0.2) is 18.2 Å². The molecule has 0 aliphatic heterocycles. The Hall–Kier alpha value is -3.33. The average Bonchev–Trinajstić information content (AvgIpc) is 3.04. The number of hydrogen-bond donors (Lipinski definition) is 1. The second kappa shape index (κ2) is 6.52. The van der Waals surface area contributed by atoms with Crippen molar-refractivity contribution in [3.8, 4) is 5.75 Å². The number of rotatable bonds is 4. The molecule has 0 fully saturated rings. The second-order valence-electron chi connectivity index (χ2n) is 6.26. The summed E-state index contributed by atoms with van der Waals surface area (Å²) in [4.78, 5) is 12.3. The van der Waals surface area contributed by atoms with Crippen LogP contribution in [-0.2, 0) is 4.79 Å². The molecular weight excluding hydrogens is 324 g/mol. The first-order valence-corrected chi connectivity index (χ1v) is 8.47. The largest absolute Gasteiger partial charge is 0.497 e. The zero-order valence-electron chi connectivity index (χ0n) is 14.3. The smallest absolute Gasteiger partial charge is 0.333 e. The molecule has 0 radical (unpaired) electrons.